The number of nitrogens with one attached hydrogen (secondary N) is 1. The second kappa shape index (κ2) is 5.17. The predicted octanol–water partition coefficient (Wildman–Crippen LogP) is 2.54. The summed E-state index contributed by atoms with van der Waals surface area (Å²) >= 11 is 0. The lowest BCUT2D eigenvalue weighted by atomic mass is 9.99. The van der Waals surface area contributed by atoms with E-state index in [0.29, 0.717) is 6.42 Å². The van der Waals surface area contributed by atoms with Gasteiger partial charge in [-0.25, -0.2) is 4.79 Å². The van der Waals surface area contributed by atoms with Crippen molar-refractivity contribution in [3.05, 3.63) is 60.6 Å². The molecule has 2 N–H and O–H groups in total. The number of hydrogen-bond acceptors (Lipinski definition) is 3. The van der Waals surface area contributed by atoms with Gasteiger partial charge in [0.25, 0.3) is 0 Å². The highest BCUT2D eigenvalue weighted by molar-refractivity contribution is 5.81. The van der Waals surface area contributed by atoms with Gasteiger partial charge in [0.1, 0.15) is 6.04 Å². The Balaban J connectivity index is 1.79. The molecule has 1 aromatic heterocycles. The second-order valence-electron chi connectivity index (χ2n) is 4.75. The smallest absolute Gasteiger partial charge is 0.326 e. The molecule has 1 aromatic carbocycles. The van der Waals surface area contributed by atoms with Crippen LogP contribution in [0, 0.1) is 0 Å². The highest BCUT2D eigenvalue weighted by atomic mass is 16.4. The van der Waals surface area contributed by atoms with Gasteiger partial charge in [0, 0.05) is 25.0 Å². The third-order valence-electron chi connectivity index (χ3n) is 3.43. The predicted molar refractivity (Wildman–Crippen MR) is 76.8 cm³/mol. The Hall–Kier alpha value is -2.62. The van der Waals surface area contributed by atoms with Crippen molar-refractivity contribution in [2.24, 2.45) is 0 Å². The molecule has 4 heteroatoms. The van der Waals surface area contributed by atoms with Crippen molar-refractivity contribution >= 4 is 11.5 Å². The van der Waals surface area contributed by atoms with Gasteiger partial charge in [-0.2, -0.15) is 0 Å². The fourth-order valence-electron chi connectivity index (χ4n) is 2.31. The molecule has 0 spiro atoms. The van der Waals surface area contributed by atoms with E-state index >= 15 is 0 Å². The lowest BCUT2D eigenvalue weighted by molar-refractivity contribution is -0.138. The van der Waals surface area contributed by atoms with Gasteiger partial charge in [-0.15, -0.1) is 0 Å². The van der Waals surface area contributed by atoms with Gasteiger partial charge < -0.3 is 10.4 Å². The monoisotopic (exact) mass is 266 g/mol. The maximum Gasteiger partial charge on any atom is 0.326 e. The normalized spacial score (nSPS) is 17.4. The molecule has 2 aromatic rings. The molecule has 2 heterocycles. The number of pyridine rings is 1. The van der Waals surface area contributed by atoms with Crippen LogP contribution in [0.4, 0.5) is 0 Å². The number of benzene rings is 1. The van der Waals surface area contributed by atoms with Crippen molar-refractivity contribution in [2.45, 2.75) is 12.5 Å². The summed E-state index contributed by atoms with van der Waals surface area (Å²) in [6.45, 7) is 0. The molecule has 0 saturated carbocycles. The molecule has 0 aliphatic carbocycles. The molecule has 1 aliphatic rings. The molecule has 0 radical (unpaired) electrons. The average molecular weight is 266 g/mol. The molecule has 0 bridgehead atoms. The molecule has 100 valence electrons. The zero-order chi connectivity index (χ0) is 13.9. The van der Waals surface area contributed by atoms with Crippen molar-refractivity contribution < 1.29 is 9.90 Å². The van der Waals surface area contributed by atoms with E-state index in [4.69, 9.17) is 5.11 Å². The van der Waals surface area contributed by atoms with Crippen LogP contribution in [-0.4, -0.2) is 22.1 Å². The van der Waals surface area contributed by atoms with Crippen molar-refractivity contribution in [1.29, 1.82) is 0 Å². The van der Waals surface area contributed by atoms with E-state index in [0.717, 1.165) is 22.3 Å². The summed E-state index contributed by atoms with van der Waals surface area (Å²) < 4.78 is 0. The minimum Gasteiger partial charge on any atom is -0.480 e. The van der Waals surface area contributed by atoms with Crippen LogP contribution >= 0.6 is 0 Å². The first-order valence-electron chi connectivity index (χ1n) is 6.43. The van der Waals surface area contributed by atoms with E-state index in [9.17, 15) is 4.79 Å². The topological polar surface area (TPSA) is 62.2 Å². The lowest BCUT2D eigenvalue weighted by Gasteiger charge is -2.06. The molecule has 1 aliphatic heterocycles. The fraction of sp³-hybridized carbons (Fsp3) is 0.125. The number of aliphatic carboxylic acids is 1. The van der Waals surface area contributed by atoms with Crippen molar-refractivity contribution in [2.75, 3.05) is 0 Å². The van der Waals surface area contributed by atoms with Crippen molar-refractivity contribution in [3.8, 4) is 11.1 Å². The van der Waals surface area contributed by atoms with Crippen molar-refractivity contribution in [3.63, 3.8) is 0 Å². The minimum absolute atomic E-state index is 0.511. The summed E-state index contributed by atoms with van der Waals surface area (Å²) in [5.74, 6) is -0.816. The minimum atomic E-state index is -0.816. The Morgan fingerprint density at radius 2 is 1.90 bits per heavy atom. The molecule has 20 heavy (non-hydrogen) atoms. The molecule has 4 nitrogen and oxygen atoms in total. The van der Waals surface area contributed by atoms with E-state index < -0.39 is 12.0 Å². The van der Waals surface area contributed by atoms with Gasteiger partial charge in [0.15, 0.2) is 0 Å². The summed E-state index contributed by atoms with van der Waals surface area (Å²) in [5.41, 5.74) is 4.24. The fourth-order valence-corrected chi connectivity index (χ4v) is 2.31. The first-order chi connectivity index (χ1) is 9.74. The SMILES string of the molecule is O=C(O)C1CC(c2ccc(-c3cccnc3)cc2)=CN1. The number of rotatable bonds is 3. The highest BCUT2D eigenvalue weighted by Gasteiger charge is 2.23. The van der Waals surface area contributed by atoms with Crippen LogP contribution < -0.4 is 5.32 Å². The van der Waals surface area contributed by atoms with Crippen LogP contribution in [0.1, 0.15) is 12.0 Å². The van der Waals surface area contributed by atoms with Crippen LogP contribution in [0.2, 0.25) is 0 Å². The van der Waals surface area contributed by atoms with Crippen molar-refractivity contribution in [1.82, 2.24) is 10.3 Å². The Morgan fingerprint density at radius 3 is 2.50 bits per heavy atom. The summed E-state index contributed by atoms with van der Waals surface area (Å²) in [7, 11) is 0. The maximum absolute atomic E-state index is 10.9. The van der Waals surface area contributed by atoms with Gasteiger partial charge in [-0.3, -0.25) is 4.98 Å². The third-order valence-corrected chi connectivity index (χ3v) is 3.43. The van der Waals surface area contributed by atoms with E-state index in [1.165, 1.54) is 0 Å². The average Bonchev–Trinajstić information content (AvgIpc) is 2.98. The molecule has 0 saturated heterocycles. The largest absolute Gasteiger partial charge is 0.480 e. The number of nitrogens with zero attached hydrogens (tertiary/aromatic N) is 1. The van der Waals surface area contributed by atoms with Crippen LogP contribution in [0.25, 0.3) is 16.7 Å². The summed E-state index contributed by atoms with van der Waals surface area (Å²) in [4.78, 5) is 15.0. The number of carboxylic acids is 1. The van der Waals surface area contributed by atoms with Gasteiger partial charge in [-0.1, -0.05) is 30.3 Å². The Morgan fingerprint density at radius 1 is 1.15 bits per heavy atom. The first-order valence-corrected chi connectivity index (χ1v) is 6.43. The van der Waals surface area contributed by atoms with Gasteiger partial charge in [0.05, 0.1) is 0 Å². The molecular formula is C16H14N2O2. The summed E-state index contributed by atoms with van der Waals surface area (Å²) in [6.07, 6.45) is 5.88. The van der Waals surface area contributed by atoms with E-state index in [-0.39, 0.29) is 0 Å². The Kier molecular flexibility index (Phi) is 3.21. The zero-order valence-corrected chi connectivity index (χ0v) is 10.8. The molecular weight excluding hydrogens is 252 g/mol. The Bertz CT molecular complexity index is 648. The molecule has 0 fully saturated rings. The second-order valence-corrected chi connectivity index (χ2v) is 4.75. The number of carbonyl (C=O) groups is 1. The number of carboxylic acid groups (broad SMARTS) is 1. The highest BCUT2D eigenvalue weighted by Crippen LogP contribution is 2.26. The summed E-state index contributed by atoms with van der Waals surface area (Å²) in [6, 6.07) is 11.5. The summed E-state index contributed by atoms with van der Waals surface area (Å²) in [5, 5.41) is 11.8. The number of hydrogen-bond donors (Lipinski definition) is 2. The van der Waals surface area contributed by atoms with Gasteiger partial charge >= 0.3 is 5.97 Å². The maximum atomic E-state index is 10.9. The molecule has 3 rings (SSSR count). The van der Waals surface area contributed by atoms with Gasteiger partial charge in [0.2, 0.25) is 0 Å². The zero-order valence-electron chi connectivity index (χ0n) is 10.8. The van der Waals surface area contributed by atoms with Crippen LogP contribution in [0.15, 0.2) is 55.0 Å². The van der Waals surface area contributed by atoms with E-state index in [1.54, 1.807) is 12.4 Å². The molecule has 0 amide bonds. The first kappa shape index (κ1) is 12.4. The van der Waals surface area contributed by atoms with Crippen LogP contribution in [0.5, 0.6) is 0 Å². The lowest BCUT2D eigenvalue weighted by Crippen LogP contribution is -2.28. The van der Waals surface area contributed by atoms with E-state index in [2.05, 4.69) is 10.3 Å². The third kappa shape index (κ3) is 2.40. The quantitative estimate of drug-likeness (QED) is 0.896. The van der Waals surface area contributed by atoms with Crippen LogP contribution in [-0.2, 0) is 4.79 Å². The molecule has 1 atom stereocenters. The Labute approximate surface area is 116 Å². The number of aromatic nitrogens is 1. The standard InChI is InChI=1S/C16H14N2O2/c19-16(20)15-8-14(10-18-15)12-5-3-11(4-6-12)13-2-1-7-17-9-13/h1-7,9-10,15,18H,8H2,(H,19,20). The van der Waals surface area contributed by atoms with E-state index in [1.807, 2.05) is 42.6 Å². The van der Waals surface area contributed by atoms with Crippen LogP contribution in [0.3, 0.4) is 0 Å². The molecule has 1 unspecified atom stereocenters. The van der Waals surface area contributed by atoms with Gasteiger partial charge in [-0.05, 0) is 28.3 Å².